The number of anilines is 2. The molecular weight excluding hydrogens is 460 g/mol. The van der Waals surface area contributed by atoms with Gasteiger partial charge in [-0.1, -0.05) is 54.1 Å². The molecule has 0 fully saturated rings. The van der Waals surface area contributed by atoms with Gasteiger partial charge in [-0.2, -0.15) is 0 Å². The highest BCUT2D eigenvalue weighted by molar-refractivity contribution is 6.40. The summed E-state index contributed by atoms with van der Waals surface area (Å²) in [6, 6.07) is 22.0. The number of fused-ring (bicyclic) bond motifs is 1. The first kappa shape index (κ1) is 24.8. The molecule has 0 aromatic heterocycles. The van der Waals surface area contributed by atoms with Crippen LogP contribution in [0.15, 0.2) is 66.7 Å². The first-order valence-corrected chi connectivity index (χ1v) is 12.1. The van der Waals surface area contributed by atoms with Crippen molar-refractivity contribution >= 4 is 34.8 Å². The van der Waals surface area contributed by atoms with Gasteiger partial charge < -0.3 is 15.5 Å². The third-order valence-electron chi connectivity index (χ3n) is 6.51. The molecule has 0 spiro atoms. The molecule has 182 valence electrons. The van der Waals surface area contributed by atoms with Crippen molar-refractivity contribution in [2.24, 2.45) is 0 Å². The molecule has 1 atom stereocenters. The molecular formula is C28H31ClN4O2. The summed E-state index contributed by atoms with van der Waals surface area (Å²) in [4.78, 5) is 29.7. The van der Waals surface area contributed by atoms with Gasteiger partial charge >= 0.3 is 11.8 Å². The summed E-state index contributed by atoms with van der Waals surface area (Å²) in [5.41, 5.74) is 6.24. The van der Waals surface area contributed by atoms with Crippen LogP contribution in [0.4, 0.5) is 11.4 Å². The van der Waals surface area contributed by atoms with Crippen molar-refractivity contribution in [1.29, 1.82) is 0 Å². The number of aryl methyl sites for hydroxylation is 1. The third kappa shape index (κ3) is 6.02. The van der Waals surface area contributed by atoms with E-state index in [-0.39, 0.29) is 6.04 Å². The van der Waals surface area contributed by atoms with Crippen LogP contribution in [0.3, 0.4) is 0 Å². The van der Waals surface area contributed by atoms with Gasteiger partial charge in [0.1, 0.15) is 0 Å². The van der Waals surface area contributed by atoms with Crippen molar-refractivity contribution in [3.63, 3.8) is 0 Å². The predicted molar refractivity (Wildman–Crippen MR) is 142 cm³/mol. The number of nitrogens with zero attached hydrogens (tertiary/aromatic N) is 2. The molecule has 0 radical (unpaired) electrons. The fourth-order valence-electron chi connectivity index (χ4n) is 4.41. The average Bonchev–Trinajstić information content (AvgIpc) is 2.86. The van der Waals surface area contributed by atoms with E-state index in [1.807, 2.05) is 21.0 Å². The Hall–Kier alpha value is -3.35. The van der Waals surface area contributed by atoms with Crippen molar-refractivity contribution < 1.29 is 9.59 Å². The normalized spacial score (nSPS) is 14.1. The number of halogens is 1. The Kier molecular flexibility index (Phi) is 7.73. The van der Waals surface area contributed by atoms with E-state index in [0.717, 1.165) is 36.3 Å². The van der Waals surface area contributed by atoms with Crippen LogP contribution >= 0.6 is 11.6 Å². The molecule has 1 unspecified atom stereocenters. The van der Waals surface area contributed by atoms with Crippen molar-refractivity contribution in [2.75, 3.05) is 37.4 Å². The fraction of sp³-hybridized carbons (Fsp3) is 0.286. The predicted octanol–water partition coefficient (Wildman–Crippen LogP) is 4.57. The number of nitrogens with one attached hydrogen (secondary N) is 2. The zero-order valence-corrected chi connectivity index (χ0v) is 21.1. The SMILES string of the molecule is Cc1ccc(Cl)cc1NC(=O)C(=O)NCC(c1ccc(N(C)C)cc1)N1CCc2ccccc2C1. The van der Waals surface area contributed by atoms with Crippen LogP contribution < -0.4 is 15.5 Å². The Morgan fingerprint density at radius 1 is 1.00 bits per heavy atom. The smallest absolute Gasteiger partial charge is 0.313 e. The van der Waals surface area contributed by atoms with E-state index in [1.54, 1.807) is 18.2 Å². The lowest BCUT2D eigenvalue weighted by Gasteiger charge is -2.36. The first-order valence-electron chi connectivity index (χ1n) is 11.8. The summed E-state index contributed by atoms with van der Waals surface area (Å²) >= 11 is 6.04. The quantitative estimate of drug-likeness (QED) is 0.497. The van der Waals surface area contributed by atoms with E-state index in [2.05, 4.69) is 69.0 Å². The zero-order valence-electron chi connectivity index (χ0n) is 20.3. The molecule has 2 N–H and O–H groups in total. The van der Waals surface area contributed by atoms with Crippen LogP contribution in [0.1, 0.15) is 28.3 Å². The molecule has 0 aliphatic carbocycles. The van der Waals surface area contributed by atoms with Gasteiger partial charge in [-0.05, 0) is 59.9 Å². The summed E-state index contributed by atoms with van der Waals surface area (Å²) in [5.74, 6) is -1.38. The molecule has 1 aliphatic heterocycles. The lowest BCUT2D eigenvalue weighted by molar-refractivity contribution is -0.136. The molecule has 6 nitrogen and oxygen atoms in total. The van der Waals surface area contributed by atoms with Gasteiger partial charge in [-0.3, -0.25) is 14.5 Å². The van der Waals surface area contributed by atoms with Crippen molar-refractivity contribution in [1.82, 2.24) is 10.2 Å². The maximum atomic E-state index is 12.7. The molecule has 35 heavy (non-hydrogen) atoms. The van der Waals surface area contributed by atoms with Crippen LogP contribution in [0, 0.1) is 6.92 Å². The first-order chi connectivity index (χ1) is 16.8. The van der Waals surface area contributed by atoms with Crippen molar-refractivity contribution in [3.05, 3.63) is 94.0 Å². The van der Waals surface area contributed by atoms with E-state index in [0.29, 0.717) is 17.3 Å². The summed E-state index contributed by atoms with van der Waals surface area (Å²) in [6.45, 7) is 3.84. The number of carbonyl (C=O) groups is 2. The van der Waals surface area contributed by atoms with Gasteiger partial charge in [0, 0.05) is 50.1 Å². The van der Waals surface area contributed by atoms with E-state index in [9.17, 15) is 9.59 Å². The second kappa shape index (κ2) is 10.9. The van der Waals surface area contributed by atoms with Gasteiger partial charge in [-0.25, -0.2) is 0 Å². The Labute approximate surface area is 211 Å². The van der Waals surface area contributed by atoms with E-state index in [4.69, 9.17) is 11.6 Å². The Morgan fingerprint density at radius 3 is 2.43 bits per heavy atom. The third-order valence-corrected chi connectivity index (χ3v) is 6.74. The number of rotatable bonds is 6. The summed E-state index contributed by atoms with van der Waals surface area (Å²) in [5, 5.41) is 6.03. The van der Waals surface area contributed by atoms with Crippen molar-refractivity contribution in [3.8, 4) is 0 Å². The highest BCUT2D eigenvalue weighted by atomic mass is 35.5. The van der Waals surface area contributed by atoms with Crippen LogP contribution in [0.25, 0.3) is 0 Å². The minimum atomic E-state index is -0.707. The number of benzene rings is 3. The van der Waals surface area contributed by atoms with Gasteiger partial charge in [0.05, 0.1) is 6.04 Å². The monoisotopic (exact) mass is 490 g/mol. The Morgan fingerprint density at radius 2 is 1.71 bits per heavy atom. The molecule has 3 aromatic carbocycles. The van der Waals surface area contributed by atoms with Gasteiger partial charge in [0.15, 0.2) is 0 Å². The molecule has 3 aromatic rings. The summed E-state index contributed by atoms with van der Waals surface area (Å²) in [7, 11) is 4.02. The minimum absolute atomic E-state index is 0.0655. The van der Waals surface area contributed by atoms with Crippen LogP contribution in [0.2, 0.25) is 5.02 Å². The van der Waals surface area contributed by atoms with Crippen molar-refractivity contribution in [2.45, 2.75) is 25.9 Å². The average molecular weight is 491 g/mol. The lowest BCUT2D eigenvalue weighted by Crippen LogP contribution is -2.43. The lowest BCUT2D eigenvalue weighted by atomic mass is 9.96. The largest absolute Gasteiger partial charge is 0.378 e. The molecule has 0 bridgehead atoms. The molecule has 0 saturated heterocycles. The highest BCUT2D eigenvalue weighted by Crippen LogP contribution is 2.29. The van der Waals surface area contributed by atoms with Gasteiger partial charge in [0.2, 0.25) is 0 Å². The highest BCUT2D eigenvalue weighted by Gasteiger charge is 2.26. The van der Waals surface area contributed by atoms with Crippen LogP contribution in [-0.4, -0.2) is 43.9 Å². The number of hydrogen-bond donors (Lipinski definition) is 2. The van der Waals surface area contributed by atoms with E-state index in [1.165, 1.54) is 11.1 Å². The fourth-order valence-corrected chi connectivity index (χ4v) is 4.59. The second-order valence-corrected chi connectivity index (χ2v) is 9.55. The van der Waals surface area contributed by atoms with Gasteiger partial charge in [0.25, 0.3) is 0 Å². The number of amides is 2. The topological polar surface area (TPSA) is 64.7 Å². The second-order valence-electron chi connectivity index (χ2n) is 9.11. The summed E-state index contributed by atoms with van der Waals surface area (Å²) < 4.78 is 0. The van der Waals surface area contributed by atoms with Gasteiger partial charge in [-0.15, -0.1) is 0 Å². The molecule has 2 amide bonds. The number of carbonyl (C=O) groups excluding carboxylic acids is 2. The van der Waals surface area contributed by atoms with E-state index >= 15 is 0 Å². The molecule has 1 heterocycles. The molecule has 1 aliphatic rings. The maximum Gasteiger partial charge on any atom is 0.313 e. The standard InChI is InChI=1S/C28H31ClN4O2/c1-19-8-11-23(29)16-25(19)31-28(35)27(34)30-17-26(21-9-12-24(13-10-21)32(2)3)33-15-14-20-6-4-5-7-22(20)18-33/h4-13,16,26H,14-15,17-18H2,1-3H3,(H,30,34)(H,31,35). The Balaban J connectivity index is 1.49. The van der Waals surface area contributed by atoms with E-state index < -0.39 is 11.8 Å². The summed E-state index contributed by atoms with van der Waals surface area (Å²) in [6.07, 6.45) is 0.949. The zero-order chi connectivity index (χ0) is 24.9. The molecule has 0 saturated carbocycles. The molecule has 4 rings (SSSR count). The maximum absolute atomic E-state index is 12.7. The molecule has 7 heteroatoms. The minimum Gasteiger partial charge on any atom is -0.378 e. The Bertz CT molecular complexity index is 1210. The van der Waals surface area contributed by atoms with Crippen LogP contribution in [0.5, 0.6) is 0 Å². The van der Waals surface area contributed by atoms with Crippen LogP contribution in [-0.2, 0) is 22.6 Å². The number of hydrogen-bond acceptors (Lipinski definition) is 4.